The Morgan fingerprint density at radius 2 is 1.79 bits per heavy atom. The molecular formula is C13H10Cl2F2N6O. The van der Waals surface area contributed by atoms with Crippen molar-refractivity contribution in [1.82, 2.24) is 29.5 Å². The first-order valence-corrected chi connectivity index (χ1v) is 7.33. The standard InChI is InChI=1S/C13H10Cl2F2N6O/c14-9-1-2-10(11(15)3-9)12(24,4-22-7-18-5-20-22)13(16,17)23-8-19-6-21-23/h1-3,5-8,24H,4H2. The van der Waals surface area contributed by atoms with Crippen molar-refractivity contribution in [2.75, 3.05) is 0 Å². The van der Waals surface area contributed by atoms with Crippen LogP contribution < -0.4 is 0 Å². The summed E-state index contributed by atoms with van der Waals surface area (Å²) in [6.45, 7) is -0.624. The second-order valence-corrected chi connectivity index (χ2v) is 5.80. The maximum Gasteiger partial charge on any atom is 0.379 e. The first-order valence-electron chi connectivity index (χ1n) is 6.58. The topological polar surface area (TPSA) is 81.6 Å². The van der Waals surface area contributed by atoms with Gasteiger partial charge in [0.1, 0.15) is 25.3 Å². The highest BCUT2D eigenvalue weighted by Gasteiger charge is 2.57. The summed E-state index contributed by atoms with van der Waals surface area (Å²) in [7, 11) is 0. The average molecular weight is 375 g/mol. The van der Waals surface area contributed by atoms with Crippen LogP contribution in [0.25, 0.3) is 0 Å². The minimum atomic E-state index is -3.88. The van der Waals surface area contributed by atoms with Gasteiger partial charge in [0.25, 0.3) is 0 Å². The Kier molecular flexibility index (Phi) is 4.24. The normalized spacial score (nSPS) is 14.5. The Morgan fingerprint density at radius 3 is 2.38 bits per heavy atom. The fourth-order valence-electron chi connectivity index (χ4n) is 2.26. The molecule has 0 saturated heterocycles. The summed E-state index contributed by atoms with van der Waals surface area (Å²) in [6.07, 6.45) is 4.10. The van der Waals surface area contributed by atoms with Crippen LogP contribution in [0.15, 0.2) is 43.5 Å². The zero-order valence-corrected chi connectivity index (χ0v) is 13.4. The number of benzene rings is 1. The molecule has 0 aliphatic carbocycles. The van der Waals surface area contributed by atoms with Gasteiger partial charge >= 0.3 is 6.05 Å². The largest absolute Gasteiger partial charge is 0.379 e. The molecule has 7 nitrogen and oxygen atoms in total. The van der Waals surface area contributed by atoms with E-state index in [1.54, 1.807) is 0 Å². The van der Waals surface area contributed by atoms with Gasteiger partial charge in [-0.1, -0.05) is 29.3 Å². The van der Waals surface area contributed by atoms with Crippen molar-refractivity contribution in [3.8, 4) is 0 Å². The van der Waals surface area contributed by atoms with Gasteiger partial charge in [-0.15, -0.1) is 0 Å². The summed E-state index contributed by atoms with van der Waals surface area (Å²) >= 11 is 11.9. The Bertz CT molecular complexity index is 827. The van der Waals surface area contributed by atoms with Gasteiger partial charge in [-0.2, -0.15) is 23.7 Å². The Labute approximate surface area is 144 Å². The number of aliphatic hydroxyl groups is 1. The van der Waals surface area contributed by atoms with Crippen LogP contribution in [0.1, 0.15) is 5.56 Å². The lowest BCUT2D eigenvalue weighted by atomic mass is 9.91. The molecule has 3 rings (SSSR count). The molecule has 1 N–H and O–H groups in total. The van der Waals surface area contributed by atoms with Crippen LogP contribution in [0.2, 0.25) is 10.0 Å². The van der Waals surface area contributed by atoms with E-state index in [0.29, 0.717) is 0 Å². The zero-order valence-electron chi connectivity index (χ0n) is 11.9. The number of halogens is 4. The maximum atomic E-state index is 15.1. The second-order valence-electron chi connectivity index (χ2n) is 4.96. The smallest absolute Gasteiger partial charge is 0.375 e. The molecule has 1 aromatic carbocycles. The van der Waals surface area contributed by atoms with Crippen LogP contribution in [0.4, 0.5) is 8.78 Å². The monoisotopic (exact) mass is 374 g/mol. The summed E-state index contributed by atoms with van der Waals surface area (Å²) in [6, 6.07) is -0.0337. The number of hydrogen-bond donors (Lipinski definition) is 1. The first-order chi connectivity index (χ1) is 11.3. The highest BCUT2D eigenvalue weighted by Crippen LogP contribution is 2.45. The predicted molar refractivity (Wildman–Crippen MR) is 80.6 cm³/mol. The predicted octanol–water partition coefficient (Wildman–Crippen LogP) is 2.31. The molecule has 11 heteroatoms. The number of hydrogen-bond acceptors (Lipinski definition) is 5. The number of nitrogens with zero attached hydrogens (tertiary/aromatic N) is 6. The van der Waals surface area contributed by atoms with E-state index in [4.69, 9.17) is 23.2 Å². The molecule has 24 heavy (non-hydrogen) atoms. The molecule has 0 fully saturated rings. The Balaban J connectivity index is 2.17. The van der Waals surface area contributed by atoms with Crippen molar-refractivity contribution in [3.63, 3.8) is 0 Å². The van der Waals surface area contributed by atoms with E-state index < -0.39 is 18.2 Å². The van der Waals surface area contributed by atoms with Gasteiger partial charge < -0.3 is 5.11 Å². The van der Waals surface area contributed by atoms with Crippen LogP contribution in [0.5, 0.6) is 0 Å². The summed E-state index contributed by atoms with van der Waals surface area (Å²) in [5.74, 6) is 0. The van der Waals surface area contributed by atoms with Gasteiger partial charge in [-0.3, -0.25) is 0 Å². The molecule has 2 heterocycles. The van der Waals surface area contributed by atoms with E-state index in [1.165, 1.54) is 24.5 Å². The van der Waals surface area contributed by atoms with E-state index in [9.17, 15) is 5.11 Å². The maximum absolute atomic E-state index is 15.1. The van der Waals surface area contributed by atoms with Gasteiger partial charge in [0, 0.05) is 15.6 Å². The van der Waals surface area contributed by atoms with Crippen molar-refractivity contribution >= 4 is 23.2 Å². The van der Waals surface area contributed by atoms with E-state index in [-0.39, 0.29) is 20.3 Å². The number of rotatable bonds is 5. The molecule has 0 spiro atoms. The van der Waals surface area contributed by atoms with Gasteiger partial charge in [-0.25, -0.2) is 14.6 Å². The summed E-state index contributed by atoms with van der Waals surface area (Å²) in [5, 5.41) is 18.3. The van der Waals surface area contributed by atoms with Gasteiger partial charge in [0.2, 0.25) is 0 Å². The molecule has 0 bridgehead atoms. The van der Waals surface area contributed by atoms with E-state index in [0.717, 1.165) is 23.7 Å². The van der Waals surface area contributed by atoms with Crippen molar-refractivity contribution in [2.45, 2.75) is 18.2 Å². The molecule has 3 aromatic rings. The third kappa shape index (κ3) is 2.74. The van der Waals surface area contributed by atoms with Gasteiger partial charge in [0.05, 0.1) is 6.54 Å². The summed E-state index contributed by atoms with van der Waals surface area (Å²) in [4.78, 5) is 7.19. The molecule has 1 atom stereocenters. The lowest BCUT2D eigenvalue weighted by molar-refractivity contribution is -0.255. The van der Waals surface area contributed by atoms with Crippen molar-refractivity contribution < 1.29 is 13.9 Å². The van der Waals surface area contributed by atoms with E-state index >= 15 is 8.78 Å². The van der Waals surface area contributed by atoms with Crippen LogP contribution >= 0.6 is 23.2 Å². The Hall–Kier alpha value is -2.10. The molecule has 0 radical (unpaired) electrons. The molecule has 0 aliphatic heterocycles. The molecule has 126 valence electrons. The minimum absolute atomic E-state index is 0.120. The second kappa shape index (κ2) is 6.08. The fraction of sp³-hybridized carbons (Fsp3) is 0.231. The number of alkyl halides is 2. The molecular weight excluding hydrogens is 365 g/mol. The van der Waals surface area contributed by atoms with Crippen molar-refractivity contribution in [2.24, 2.45) is 0 Å². The highest BCUT2D eigenvalue weighted by molar-refractivity contribution is 6.35. The fourth-order valence-corrected chi connectivity index (χ4v) is 2.82. The third-order valence-corrected chi connectivity index (χ3v) is 3.99. The van der Waals surface area contributed by atoms with Crippen LogP contribution in [-0.2, 0) is 18.2 Å². The third-order valence-electron chi connectivity index (χ3n) is 3.44. The van der Waals surface area contributed by atoms with Crippen molar-refractivity contribution in [1.29, 1.82) is 0 Å². The lowest BCUT2D eigenvalue weighted by Crippen LogP contribution is -2.50. The molecule has 0 amide bonds. The van der Waals surface area contributed by atoms with E-state index in [2.05, 4.69) is 20.2 Å². The average Bonchev–Trinajstić information content (AvgIpc) is 3.20. The highest BCUT2D eigenvalue weighted by atomic mass is 35.5. The Morgan fingerprint density at radius 1 is 1.08 bits per heavy atom. The summed E-state index contributed by atoms with van der Waals surface area (Å²) < 4.78 is 31.4. The molecule has 0 aliphatic rings. The molecule has 1 unspecified atom stereocenters. The zero-order chi connectivity index (χ0) is 17.4. The van der Waals surface area contributed by atoms with Crippen LogP contribution in [-0.4, -0.2) is 34.6 Å². The number of aromatic nitrogens is 6. The lowest BCUT2D eigenvalue weighted by Gasteiger charge is -2.36. The van der Waals surface area contributed by atoms with Crippen LogP contribution in [0, 0.1) is 0 Å². The van der Waals surface area contributed by atoms with Crippen LogP contribution in [0.3, 0.4) is 0 Å². The summed E-state index contributed by atoms with van der Waals surface area (Å²) in [5.41, 5.74) is -3.01. The first kappa shape index (κ1) is 16.7. The molecule has 0 saturated carbocycles. The van der Waals surface area contributed by atoms with Gasteiger partial charge in [0.15, 0.2) is 5.60 Å². The quantitative estimate of drug-likeness (QED) is 0.740. The minimum Gasteiger partial charge on any atom is -0.375 e. The molecule has 2 aromatic heterocycles. The van der Waals surface area contributed by atoms with Gasteiger partial charge in [-0.05, 0) is 12.1 Å². The SMILES string of the molecule is OC(Cn1cncn1)(c1ccc(Cl)cc1Cl)C(F)(F)n1cncn1. The van der Waals surface area contributed by atoms with Crippen molar-refractivity contribution in [3.05, 3.63) is 59.1 Å². The van der Waals surface area contributed by atoms with E-state index in [1.807, 2.05) is 0 Å².